The van der Waals surface area contributed by atoms with E-state index in [9.17, 15) is 13.2 Å². The van der Waals surface area contributed by atoms with Crippen LogP contribution >= 0.6 is 11.3 Å². The van der Waals surface area contributed by atoms with Gasteiger partial charge in [-0.2, -0.15) is 4.31 Å². The number of rotatable bonds is 4. The van der Waals surface area contributed by atoms with Gasteiger partial charge in [-0.3, -0.25) is 4.79 Å². The summed E-state index contributed by atoms with van der Waals surface area (Å²) in [4.78, 5) is 13.7. The molecule has 0 amide bonds. The summed E-state index contributed by atoms with van der Waals surface area (Å²) in [6.07, 6.45) is 1.46. The lowest BCUT2D eigenvalue weighted by Gasteiger charge is -2.31. The zero-order valence-electron chi connectivity index (χ0n) is 12.9. The Morgan fingerprint density at radius 1 is 1.22 bits per heavy atom. The van der Waals surface area contributed by atoms with E-state index < -0.39 is 10.0 Å². The van der Waals surface area contributed by atoms with Crippen molar-refractivity contribution in [2.45, 2.75) is 24.7 Å². The van der Waals surface area contributed by atoms with E-state index in [-0.39, 0.29) is 18.2 Å². The summed E-state index contributed by atoms with van der Waals surface area (Å²) >= 11 is 1.44. The maximum Gasteiger partial charge on any atom is 0.243 e. The molecule has 0 N–H and O–H groups in total. The highest BCUT2D eigenvalue weighted by molar-refractivity contribution is 7.89. The first-order valence-corrected chi connectivity index (χ1v) is 9.95. The Kier molecular flexibility index (Phi) is 4.66. The van der Waals surface area contributed by atoms with Crippen molar-refractivity contribution in [3.05, 3.63) is 52.2 Å². The molecule has 4 nitrogen and oxygen atoms in total. The molecule has 1 aliphatic heterocycles. The predicted molar refractivity (Wildman–Crippen MR) is 91.3 cm³/mol. The van der Waals surface area contributed by atoms with Crippen LogP contribution in [0.3, 0.4) is 0 Å². The molecule has 0 aliphatic carbocycles. The summed E-state index contributed by atoms with van der Waals surface area (Å²) in [5.41, 5.74) is 0.975. The number of carbonyl (C=O) groups excluding carboxylic acids is 1. The molecule has 122 valence electrons. The lowest BCUT2D eigenvalue weighted by Crippen LogP contribution is -2.42. The van der Waals surface area contributed by atoms with Gasteiger partial charge in [-0.1, -0.05) is 18.2 Å². The Bertz CT molecular complexity index is 796. The maximum absolute atomic E-state index is 12.7. The molecule has 1 fully saturated rings. The summed E-state index contributed by atoms with van der Waals surface area (Å²) in [6, 6.07) is 10.4. The Morgan fingerprint density at radius 2 is 1.96 bits per heavy atom. The Hall–Kier alpha value is -1.50. The van der Waals surface area contributed by atoms with E-state index in [1.54, 1.807) is 30.3 Å². The van der Waals surface area contributed by atoms with E-state index >= 15 is 0 Å². The molecule has 0 bridgehead atoms. The second kappa shape index (κ2) is 6.55. The largest absolute Gasteiger partial charge is 0.293 e. The summed E-state index contributed by atoms with van der Waals surface area (Å²) < 4.78 is 26.9. The smallest absolute Gasteiger partial charge is 0.243 e. The number of hydrogen-bond donors (Lipinski definition) is 0. The molecule has 2 aromatic rings. The highest BCUT2D eigenvalue weighted by atomic mass is 32.2. The first-order chi connectivity index (χ1) is 11.0. The lowest BCUT2D eigenvalue weighted by atomic mass is 9.93. The monoisotopic (exact) mass is 349 g/mol. The van der Waals surface area contributed by atoms with Gasteiger partial charge in [0.2, 0.25) is 10.0 Å². The average molecular weight is 349 g/mol. The van der Waals surface area contributed by atoms with Gasteiger partial charge in [0.15, 0.2) is 5.78 Å². The minimum Gasteiger partial charge on any atom is -0.293 e. The van der Waals surface area contributed by atoms with Crippen LogP contribution in [0, 0.1) is 12.8 Å². The van der Waals surface area contributed by atoms with Gasteiger partial charge in [-0.05, 0) is 48.9 Å². The fourth-order valence-corrected chi connectivity index (χ4v) is 5.42. The van der Waals surface area contributed by atoms with Crippen molar-refractivity contribution in [3.63, 3.8) is 0 Å². The van der Waals surface area contributed by atoms with Crippen molar-refractivity contribution in [1.82, 2.24) is 4.31 Å². The molecule has 23 heavy (non-hydrogen) atoms. The highest BCUT2D eigenvalue weighted by Crippen LogP contribution is 2.28. The van der Waals surface area contributed by atoms with Gasteiger partial charge < -0.3 is 0 Å². The van der Waals surface area contributed by atoms with Gasteiger partial charge in [-0.15, -0.1) is 11.3 Å². The minimum absolute atomic E-state index is 0.0745. The SMILES string of the molecule is Cc1ccsc1C(=O)C1CCCN(S(=O)(=O)c2ccccc2)C1. The van der Waals surface area contributed by atoms with Crippen LogP contribution < -0.4 is 0 Å². The normalized spacial score (nSPS) is 19.6. The van der Waals surface area contributed by atoms with Crippen LogP contribution in [0.2, 0.25) is 0 Å². The van der Waals surface area contributed by atoms with Crippen LogP contribution in [-0.2, 0) is 10.0 Å². The van der Waals surface area contributed by atoms with Crippen LogP contribution in [0.5, 0.6) is 0 Å². The molecule has 0 spiro atoms. The average Bonchev–Trinajstić information content (AvgIpc) is 3.01. The van der Waals surface area contributed by atoms with Crippen molar-refractivity contribution in [3.8, 4) is 0 Å². The van der Waals surface area contributed by atoms with Gasteiger partial charge in [0, 0.05) is 19.0 Å². The van der Waals surface area contributed by atoms with E-state index in [2.05, 4.69) is 0 Å². The van der Waals surface area contributed by atoms with Gasteiger partial charge in [-0.25, -0.2) is 8.42 Å². The number of Topliss-reactive ketones (excluding diaryl/α,β-unsaturated/α-hetero) is 1. The van der Waals surface area contributed by atoms with E-state index in [0.29, 0.717) is 17.9 Å². The maximum atomic E-state index is 12.7. The summed E-state index contributed by atoms with van der Waals surface area (Å²) in [6.45, 7) is 2.67. The number of sulfonamides is 1. The summed E-state index contributed by atoms with van der Waals surface area (Å²) in [7, 11) is -3.52. The van der Waals surface area contributed by atoms with E-state index in [1.807, 2.05) is 18.4 Å². The second-order valence-electron chi connectivity index (χ2n) is 5.81. The highest BCUT2D eigenvalue weighted by Gasteiger charge is 2.34. The molecule has 6 heteroatoms. The summed E-state index contributed by atoms with van der Waals surface area (Å²) in [5.74, 6) is -0.176. The molecule has 1 atom stereocenters. The van der Waals surface area contributed by atoms with Gasteiger partial charge in [0.05, 0.1) is 9.77 Å². The first kappa shape index (κ1) is 16.4. The predicted octanol–water partition coefficient (Wildman–Crippen LogP) is 3.34. The minimum atomic E-state index is -3.52. The molecule has 1 saturated heterocycles. The van der Waals surface area contributed by atoms with Crippen molar-refractivity contribution >= 4 is 27.1 Å². The fourth-order valence-electron chi connectivity index (χ4n) is 2.93. The molecule has 1 unspecified atom stereocenters. The molecule has 1 aromatic heterocycles. The van der Waals surface area contributed by atoms with Crippen LogP contribution in [0.25, 0.3) is 0 Å². The van der Waals surface area contributed by atoms with E-state index in [1.165, 1.54) is 15.6 Å². The molecule has 0 radical (unpaired) electrons. The topological polar surface area (TPSA) is 54.5 Å². The Morgan fingerprint density at radius 3 is 2.61 bits per heavy atom. The number of benzene rings is 1. The van der Waals surface area contributed by atoms with Gasteiger partial charge >= 0.3 is 0 Å². The molecule has 1 aromatic carbocycles. The van der Waals surface area contributed by atoms with Crippen molar-refractivity contribution < 1.29 is 13.2 Å². The number of piperidine rings is 1. The van der Waals surface area contributed by atoms with Crippen LogP contribution in [0.4, 0.5) is 0 Å². The number of ketones is 1. The number of thiophene rings is 1. The van der Waals surface area contributed by atoms with Crippen molar-refractivity contribution in [1.29, 1.82) is 0 Å². The molecule has 3 rings (SSSR count). The fraction of sp³-hybridized carbons (Fsp3) is 0.353. The number of aryl methyl sites for hydroxylation is 1. The zero-order valence-corrected chi connectivity index (χ0v) is 14.6. The number of carbonyl (C=O) groups is 1. The van der Waals surface area contributed by atoms with Gasteiger partial charge in [0.1, 0.15) is 0 Å². The molecule has 0 saturated carbocycles. The number of nitrogens with zero attached hydrogens (tertiary/aromatic N) is 1. The third-order valence-corrected chi connectivity index (χ3v) is 7.13. The lowest BCUT2D eigenvalue weighted by molar-refractivity contribution is 0.0876. The van der Waals surface area contributed by atoms with Gasteiger partial charge in [0.25, 0.3) is 0 Å². The third-order valence-electron chi connectivity index (χ3n) is 4.22. The molecule has 1 aliphatic rings. The van der Waals surface area contributed by atoms with E-state index in [0.717, 1.165) is 16.9 Å². The standard InChI is InChI=1S/C17H19NO3S2/c1-13-9-11-22-17(13)16(19)14-6-5-10-18(12-14)23(20,21)15-7-3-2-4-8-15/h2-4,7-9,11,14H,5-6,10,12H2,1H3. The Balaban J connectivity index is 1.81. The van der Waals surface area contributed by atoms with E-state index in [4.69, 9.17) is 0 Å². The van der Waals surface area contributed by atoms with Crippen molar-refractivity contribution in [2.75, 3.05) is 13.1 Å². The van der Waals surface area contributed by atoms with Crippen LogP contribution in [0.1, 0.15) is 28.1 Å². The summed E-state index contributed by atoms with van der Waals surface area (Å²) in [5, 5.41) is 1.91. The second-order valence-corrected chi connectivity index (χ2v) is 8.67. The third kappa shape index (κ3) is 3.24. The van der Waals surface area contributed by atoms with Crippen LogP contribution in [0.15, 0.2) is 46.7 Å². The van der Waals surface area contributed by atoms with Crippen molar-refractivity contribution in [2.24, 2.45) is 5.92 Å². The van der Waals surface area contributed by atoms with Crippen LogP contribution in [-0.4, -0.2) is 31.6 Å². The first-order valence-electron chi connectivity index (χ1n) is 7.63. The molecular weight excluding hydrogens is 330 g/mol. The quantitative estimate of drug-likeness (QED) is 0.796. The Labute approximate surface area is 140 Å². The molecular formula is C17H19NO3S2. The number of hydrogen-bond acceptors (Lipinski definition) is 4. The molecule has 2 heterocycles. The zero-order chi connectivity index (χ0) is 16.4.